The van der Waals surface area contributed by atoms with Gasteiger partial charge in [-0.3, -0.25) is 0 Å². The van der Waals surface area contributed by atoms with Crippen molar-refractivity contribution in [2.45, 2.75) is 12.5 Å². The van der Waals surface area contributed by atoms with Crippen LogP contribution in [0.2, 0.25) is 10.0 Å². The molecule has 0 aliphatic heterocycles. The van der Waals surface area contributed by atoms with E-state index in [1.807, 2.05) is 17.5 Å². The lowest BCUT2D eigenvalue weighted by molar-refractivity contribution is 0.171. The van der Waals surface area contributed by atoms with Crippen molar-refractivity contribution in [1.82, 2.24) is 5.32 Å². The van der Waals surface area contributed by atoms with Gasteiger partial charge in [0.1, 0.15) is 0 Å². The standard InChI is InChI=1S/C14H14Cl2N2O2S/c15-10-4-3-9(8-11(10)16)18-14(20)17-6-5-12(19)13-2-1-7-21-13/h1-4,7-8,12,19H,5-6H2,(H2,17,18,20). The normalized spacial score (nSPS) is 12.0. The van der Waals surface area contributed by atoms with Gasteiger partial charge in [0.15, 0.2) is 0 Å². The Bertz CT molecular complexity index is 605. The maximum Gasteiger partial charge on any atom is 0.319 e. The molecule has 2 rings (SSSR count). The van der Waals surface area contributed by atoms with Crippen LogP contribution < -0.4 is 10.6 Å². The molecule has 7 heteroatoms. The minimum atomic E-state index is -0.560. The molecule has 0 aliphatic rings. The summed E-state index contributed by atoms with van der Waals surface area (Å²) in [5.41, 5.74) is 0.556. The zero-order chi connectivity index (χ0) is 15.2. The van der Waals surface area contributed by atoms with Crippen LogP contribution in [0, 0.1) is 0 Å². The Kier molecular flexibility index (Phi) is 5.87. The highest BCUT2D eigenvalue weighted by molar-refractivity contribution is 7.10. The second-order valence-electron chi connectivity index (χ2n) is 4.33. The lowest BCUT2D eigenvalue weighted by Gasteiger charge is -2.11. The van der Waals surface area contributed by atoms with Gasteiger partial charge in [-0.25, -0.2) is 4.79 Å². The molecule has 0 fully saturated rings. The molecule has 1 unspecified atom stereocenters. The van der Waals surface area contributed by atoms with Gasteiger partial charge in [-0.15, -0.1) is 11.3 Å². The molecule has 0 aliphatic carbocycles. The quantitative estimate of drug-likeness (QED) is 0.757. The number of urea groups is 1. The van der Waals surface area contributed by atoms with E-state index in [4.69, 9.17) is 23.2 Å². The number of hydrogen-bond acceptors (Lipinski definition) is 3. The van der Waals surface area contributed by atoms with E-state index in [-0.39, 0.29) is 6.03 Å². The fourth-order valence-corrected chi connectivity index (χ4v) is 2.74. The predicted octanol–water partition coefficient (Wildman–Crippen LogP) is 4.30. The number of carbonyl (C=O) groups excluding carboxylic acids is 1. The Morgan fingerprint density at radius 1 is 1.29 bits per heavy atom. The zero-order valence-electron chi connectivity index (χ0n) is 11.0. The van der Waals surface area contributed by atoms with Crippen LogP contribution in [0.25, 0.3) is 0 Å². The van der Waals surface area contributed by atoms with Crippen LogP contribution in [0.15, 0.2) is 35.7 Å². The average molecular weight is 345 g/mol. The molecule has 112 valence electrons. The van der Waals surface area contributed by atoms with Gasteiger partial charge >= 0.3 is 6.03 Å². The van der Waals surface area contributed by atoms with Gasteiger partial charge in [0.25, 0.3) is 0 Å². The number of benzene rings is 1. The molecular weight excluding hydrogens is 331 g/mol. The first kappa shape index (κ1) is 16.1. The third kappa shape index (κ3) is 4.89. The average Bonchev–Trinajstić information content (AvgIpc) is 2.97. The van der Waals surface area contributed by atoms with Crippen LogP contribution in [0.3, 0.4) is 0 Å². The lowest BCUT2D eigenvalue weighted by Crippen LogP contribution is -2.30. The van der Waals surface area contributed by atoms with Crippen molar-refractivity contribution >= 4 is 46.3 Å². The van der Waals surface area contributed by atoms with Gasteiger partial charge in [-0.1, -0.05) is 29.3 Å². The van der Waals surface area contributed by atoms with Crippen LogP contribution in [-0.2, 0) is 0 Å². The van der Waals surface area contributed by atoms with Gasteiger partial charge in [-0.2, -0.15) is 0 Å². The summed E-state index contributed by atoms with van der Waals surface area (Å²) >= 11 is 13.2. The number of aliphatic hydroxyl groups excluding tert-OH is 1. The zero-order valence-corrected chi connectivity index (χ0v) is 13.3. The maximum atomic E-state index is 11.7. The van der Waals surface area contributed by atoms with Crippen LogP contribution in [0.4, 0.5) is 10.5 Å². The minimum Gasteiger partial charge on any atom is -0.388 e. The van der Waals surface area contributed by atoms with E-state index in [1.54, 1.807) is 18.2 Å². The third-order valence-corrected chi connectivity index (χ3v) is 4.46. The Morgan fingerprint density at radius 2 is 2.10 bits per heavy atom. The molecule has 4 nitrogen and oxygen atoms in total. The summed E-state index contributed by atoms with van der Waals surface area (Å²) in [4.78, 5) is 12.6. The van der Waals surface area contributed by atoms with Crippen molar-refractivity contribution in [3.63, 3.8) is 0 Å². The van der Waals surface area contributed by atoms with Gasteiger partial charge in [0, 0.05) is 17.1 Å². The first-order chi connectivity index (χ1) is 10.1. The van der Waals surface area contributed by atoms with Crippen molar-refractivity contribution in [2.24, 2.45) is 0 Å². The molecule has 1 heterocycles. The number of hydrogen-bond donors (Lipinski definition) is 3. The molecule has 0 saturated heterocycles. The Hall–Kier alpha value is -1.27. The Balaban J connectivity index is 1.76. The molecule has 1 aromatic carbocycles. The minimum absolute atomic E-state index is 0.355. The van der Waals surface area contributed by atoms with E-state index in [0.717, 1.165) is 4.88 Å². The van der Waals surface area contributed by atoms with Gasteiger partial charge in [-0.05, 0) is 36.1 Å². The number of halogens is 2. The molecule has 1 aromatic heterocycles. The SMILES string of the molecule is O=C(NCCC(O)c1cccs1)Nc1ccc(Cl)c(Cl)c1. The number of nitrogens with one attached hydrogen (secondary N) is 2. The summed E-state index contributed by atoms with van der Waals surface area (Å²) in [5, 5.41) is 17.9. The first-order valence-corrected chi connectivity index (χ1v) is 7.91. The molecule has 1 atom stereocenters. The van der Waals surface area contributed by atoms with Crippen LogP contribution in [-0.4, -0.2) is 17.7 Å². The molecule has 2 amide bonds. The van der Waals surface area contributed by atoms with E-state index < -0.39 is 6.10 Å². The van der Waals surface area contributed by atoms with Crippen LogP contribution in [0.1, 0.15) is 17.4 Å². The maximum absolute atomic E-state index is 11.7. The summed E-state index contributed by atoms with van der Waals surface area (Å²) in [6, 6.07) is 8.24. The molecular formula is C14H14Cl2N2O2S. The predicted molar refractivity (Wildman–Crippen MR) is 87.4 cm³/mol. The molecule has 0 radical (unpaired) electrons. The summed E-state index contributed by atoms with van der Waals surface area (Å²) in [7, 11) is 0. The van der Waals surface area contributed by atoms with E-state index in [0.29, 0.717) is 28.7 Å². The number of carbonyl (C=O) groups is 1. The van der Waals surface area contributed by atoms with Crippen molar-refractivity contribution < 1.29 is 9.90 Å². The number of amides is 2. The molecule has 3 N–H and O–H groups in total. The van der Waals surface area contributed by atoms with Crippen molar-refractivity contribution in [3.8, 4) is 0 Å². The molecule has 2 aromatic rings. The number of aliphatic hydroxyl groups is 1. The summed E-state index contributed by atoms with van der Waals surface area (Å²) in [6.07, 6.45) is -0.106. The van der Waals surface area contributed by atoms with Gasteiger partial charge in [0.2, 0.25) is 0 Å². The molecule has 0 bridgehead atoms. The van der Waals surface area contributed by atoms with E-state index in [1.165, 1.54) is 11.3 Å². The highest BCUT2D eigenvalue weighted by atomic mass is 35.5. The number of rotatable bonds is 5. The topological polar surface area (TPSA) is 61.4 Å². The Labute approximate surface area is 136 Å². The summed E-state index contributed by atoms with van der Waals surface area (Å²) in [6.45, 7) is 0.367. The molecule has 21 heavy (non-hydrogen) atoms. The van der Waals surface area contributed by atoms with Gasteiger partial charge < -0.3 is 15.7 Å². The fraction of sp³-hybridized carbons (Fsp3) is 0.214. The van der Waals surface area contributed by atoms with E-state index in [9.17, 15) is 9.90 Å². The highest BCUT2D eigenvalue weighted by Crippen LogP contribution is 2.25. The number of thiophene rings is 1. The molecule has 0 spiro atoms. The van der Waals surface area contributed by atoms with Crippen LogP contribution >= 0.6 is 34.5 Å². The molecule has 0 saturated carbocycles. The van der Waals surface area contributed by atoms with Crippen molar-refractivity contribution in [1.29, 1.82) is 0 Å². The summed E-state index contributed by atoms with van der Waals surface area (Å²) in [5.74, 6) is 0. The first-order valence-electron chi connectivity index (χ1n) is 6.27. The lowest BCUT2D eigenvalue weighted by atomic mass is 10.2. The summed E-state index contributed by atoms with van der Waals surface area (Å²) < 4.78 is 0. The second-order valence-corrected chi connectivity index (χ2v) is 6.12. The second kappa shape index (κ2) is 7.66. The monoisotopic (exact) mass is 344 g/mol. The van der Waals surface area contributed by atoms with E-state index >= 15 is 0 Å². The fourth-order valence-electron chi connectivity index (χ4n) is 1.69. The van der Waals surface area contributed by atoms with Crippen molar-refractivity contribution in [2.75, 3.05) is 11.9 Å². The largest absolute Gasteiger partial charge is 0.388 e. The number of anilines is 1. The van der Waals surface area contributed by atoms with Crippen LogP contribution in [0.5, 0.6) is 0 Å². The highest BCUT2D eigenvalue weighted by Gasteiger charge is 2.09. The Morgan fingerprint density at radius 3 is 2.76 bits per heavy atom. The van der Waals surface area contributed by atoms with E-state index in [2.05, 4.69) is 10.6 Å². The van der Waals surface area contributed by atoms with Gasteiger partial charge in [0.05, 0.1) is 16.1 Å². The third-order valence-electron chi connectivity index (χ3n) is 2.75. The van der Waals surface area contributed by atoms with Crippen molar-refractivity contribution in [3.05, 3.63) is 50.6 Å². The smallest absolute Gasteiger partial charge is 0.319 e.